The van der Waals surface area contributed by atoms with E-state index in [1.807, 2.05) is 0 Å². The highest BCUT2D eigenvalue weighted by Crippen LogP contribution is 2.19. The van der Waals surface area contributed by atoms with Gasteiger partial charge in [-0.05, 0) is 31.5 Å². The van der Waals surface area contributed by atoms with Crippen molar-refractivity contribution in [1.82, 2.24) is 0 Å². The number of carbonyl (C=O) groups excluding carboxylic acids is 1. The van der Waals surface area contributed by atoms with Gasteiger partial charge in [-0.15, -0.1) is 0 Å². The number of halogens is 1. The minimum atomic E-state index is -1.27. The van der Waals surface area contributed by atoms with Crippen LogP contribution in [0.15, 0.2) is 24.3 Å². The van der Waals surface area contributed by atoms with E-state index in [0.717, 1.165) is 0 Å². The van der Waals surface area contributed by atoms with Crippen molar-refractivity contribution < 1.29 is 14.6 Å². The van der Waals surface area contributed by atoms with Gasteiger partial charge in [0.25, 0.3) is 0 Å². The SMILES string of the molecule is CC(C)OC(=O)[C@@H](O)c1cccc(Cl)c1. The van der Waals surface area contributed by atoms with Crippen molar-refractivity contribution in [1.29, 1.82) is 0 Å². The Hall–Kier alpha value is -1.06. The van der Waals surface area contributed by atoms with E-state index in [-0.39, 0.29) is 6.10 Å². The molecule has 1 rings (SSSR count). The van der Waals surface area contributed by atoms with Crippen LogP contribution in [0.5, 0.6) is 0 Å². The Kier molecular flexibility index (Phi) is 4.12. The fraction of sp³-hybridized carbons (Fsp3) is 0.364. The van der Waals surface area contributed by atoms with Crippen LogP contribution in [0.2, 0.25) is 5.02 Å². The molecule has 0 spiro atoms. The van der Waals surface area contributed by atoms with E-state index in [9.17, 15) is 9.90 Å². The Labute approximate surface area is 93.6 Å². The molecule has 0 aliphatic rings. The van der Waals surface area contributed by atoms with Crippen LogP contribution in [-0.2, 0) is 9.53 Å². The molecular formula is C11H13ClO3. The predicted molar refractivity (Wildman–Crippen MR) is 57.6 cm³/mol. The van der Waals surface area contributed by atoms with E-state index >= 15 is 0 Å². The lowest BCUT2D eigenvalue weighted by atomic mass is 10.1. The van der Waals surface area contributed by atoms with Crippen molar-refractivity contribution in [3.63, 3.8) is 0 Å². The molecule has 15 heavy (non-hydrogen) atoms. The van der Waals surface area contributed by atoms with Crippen LogP contribution in [0.25, 0.3) is 0 Å². The molecule has 0 aliphatic heterocycles. The minimum Gasteiger partial charge on any atom is -0.461 e. The Morgan fingerprint density at radius 2 is 2.13 bits per heavy atom. The maximum atomic E-state index is 11.3. The van der Waals surface area contributed by atoms with Gasteiger partial charge in [-0.2, -0.15) is 0 Å². The highest BCUT2D eigenvalue weighted by molar-refractivity contribution is 6.30. The third-order valence-electron chi connectivity index (χ3n) is 1.74. The second-order valence-electron chi connectivity index (χ2n) is 3.44. The molecule has 1 atom stereocenters. The highest BCUT2D eigenvalue weighted by Gasteiger charge is 2.19. The lowest BCUT2D eigenvalue weighted by molar-refractivity contribution is -0.157. The van der Waals surface area contributed by atoms with E-state index in [2.05, 4.69) is 0 Å². The predicted octanol–water partition coefficient (Wildman–Crippen LogP) is 2.33. The average molecular weight is 229 g/mol. The van der Waals surface area contributed by atoms with Crippen LogP contribution < -0.4 is 0 Å². The minimum absolute atomic E-state index is 0.244. The lowest BCUT2D eigenvalue weighted by Crippen LogP contribution is -2.19. The van der Waals surface area contributed by atoms with Gasteiger partial charge in [0.2, 0.25) is 0 Å². The van der Waals surface area contributed by atoms with Gasteiger partial charge >= 0.3 is 5.97 Å². The second kappa shape index (κ2) is 5.14. The maximum absolute atomic E-state index is 11.3. The van der Waals surface area contributed by atoms with Crippen LogP contribution in [-0.4, -0.2) is 17.2 Å². The summed E-state index contributed by atoms with van der Waals surface area (Å²) in [4.78, 5) is 11.3. The molecule has 1 N–H and O–H groups in total. The van der Waals surface area contributed by atoms with Gasteiger partial charge in [-0.1, -0.05) is 23.7 Å². The first-order chi connectivity index (χ1) is 7.00. The highest BCUT2D eigenvalue weighted by atomic mass is 35.5. The summed E-state index contributed by atoms with van der Waals surface area (Å²) in [6.45, 7) is 3.45. The first-order valence-electron chi connectivity index (χ1n) is 4.64. The first-order valence-corrected chi connectivity index (χ1v) is 5.02. The van der Waals surface area contributed by atoms with Crippen molar-refractivity contribution >= 4 is 17.6 Å². The molecule has 1 aromatic rings. The summed E-state index contributed by atoms with van der Waals surface area (Å²) in [7, 11) is 0. The number of aliphatic hydroxyl groups is 1. The Balaban J connectivity index is 2.76. The Morgan fingerprint density at radius 1 is 1.47 bits per heavy atom. The number of aliphatic hydroxyl groups excluding tert-OH is 1. The van der Waals surface area contributed by atoms with Crippen molar-refractivity contribution in [2.24, 2.45) is 0 Å². The first kappa shape index (κ1) is 12.0. The summed E-state index contributed by atoms with van der Waals surface area (Å²) in [5.74, 6) is -0.660. The monoisotopic (exact) mass is 228 g/mol. The third kappa shape index (κ3) is 3.53. The van der Waals surface area contributed by atoms with Crippen molar-refractivity contribution in [3.8, 4) is 0 Å². The number of carbonyl (C=O) groups is 1. The standard InChI is InChI=1S/C11H13ClO3/c1-7(2)15-11(14)10(13)8-4-3-5-9(12)6-8/h3-7,10,13H,1-2H3/t10-/m0/s1. The molecule has 1 aromatic carbocycles. The molecule has 3 nitrogen and oxygen atoms in total. The Morgan fingerprint density at radius 3 is 2.67 bits per heavy atom. The molecule has 0 aliphatic carbocycles. The molecule has 0 bridgehead atoms. The van der Waals surface area contributed by atoms with Crippen LogP contribution in [0.1, 0.15) is 25.5 Å². The van der Waals surface area contributed by atoms with Gasteiger partial charge in [0, 0.05) is 5.02 Å². The molecule has 0 aromatic heterocycles. The summed E-state index contributed by atoms with van der Waals surface area (Å²) in [5.41, 5.74) is 0.438. The van der Waals surface area contributed by atoms with Crippen LogP contribution >= 0.6 is 11.6 Å². The molecule has 0 fully saturated rings. The summed E-state index contributed by atoms with van der Waals surface area (Å²) in [6.07, 6.45) is -1.52. The zero-order valence-corrected chi connectivity index (χ0v) is 9.36. The molecule has 0 unspecified atom stereocenters. The van der Waals surface area contributed by atoms with E-state index in [1.54, 1.807) is 32.0 Å². The molecule has 0 saturated heterocycles. The van der Waals surface area contributed by atoms with Gasteiger partial charge < -0.3 is 9.84 Å². The van der Waals surface area contributed by atoms with Crippen molar-refractivity contribution in [2.75, 3.05) is 0 Å². The number of esters is 1. The number of hydrogen-bond acceptors (Lipinski definition) is 3. The number of hydrogen-bond donors (Lipinski definition) is 1. The lowest BCUT2D eigenvalue weighted by Gasteiger charge is -2.13. The van der Waals surface area contributed by atoms with Crippen LogP contribution in [0.3, 0.4) is 0 Å². The second-order valence-corrected chi connectivity index (χ2v) is 3.88. The van der Waals surface area contributed by atoms with Gasteiger partial charge in [-0.25, -0.2) is 4.79 Å². The quantitative estimate of drug-likeness (QED) is 0.808. The van der Waals surface area contributed by atoms with Gasteiger partial charge in [0.15, 0.2) is 6.10 Å². The fourth-order valence-corrected chi connectivity index (χ4v) is 1.31. The van der Waals surface area contributed by atoms with Crippen LogP contribution in [0.4, 0.5) is 0 Å². The maximum Gasteiger partial charge on any atom is 0.339 e. The van der Waals surface area contributed by atoms with Crippen molar-refractivity contribution in [3.05, 3.63) is 34.9 Å². The molecule has 0 amide bonds. The third-order valence-corrected chi connectivity index (χ3v) is 1.97. The summed E-state index contributed by atoms with van der Waals surface area (Å²) < 4.78 is 4.87. The number of ether oxygens (including phenoxy) is 1. The van der Waals surface area contributed by atoms with Gasteiger partial charge in [0.1, 0.15) is 0 Å². The van der Waals surface area contributed by atoms with Gasteiger partial charge in [-0.3, -0.25) is 0 Å². The van der Waals surface area contributed by atoms with Crippen LogP contribution in [0, 0.1) is 0 Å². The smallest absolute Gasteiger partial charge is 0.339 e. The number of rotatable bonds is 3. The summed E-state index contributed by atoms with van der Waals surface area (Å²) >= 11 is 5.74. The largest absolute Gasteiger partial charge is 0.461 e. The molecule has 82 valence electrons. The zero-order valence-electron chi connectivity index (χ0n) is 8.61. The number of benzene rings is 1. The zero-order chi connectivity index (χ0) is 11.4. The molecule has 0 heterocycles. The fourth-order valence-electron chi connectivity index (χ4n) is 1.11. The average Bonchev–Trinajstić information content (AvgIpc) is 2.15. The van der Waals surface area contributed by atoms with E-state index in [0.29, 0.717) is 10.6 Å². The Bertz CT molecular complexity index is 349. The summed E-state index contributed by atoms with van der Waals surface area (Å²) in [5, 5.41) is 10.1. The van der Waals surface area contributed by atoms with Crippen molar-refractivity contribution in [2.45, 2.75) is 26.1 Å². The van der Waals surface area contributed by atoms with E-state index in [1.165, 1.54) is 6.07 Å². The van der Waals surface area contributed by atoms with E-state index in [4.69, 9.17) is 16.3 Å². The molecule has 0 saturated carbocycles. The molecule has 0 radical (unpaired) electrons. The van der Waals surface area contributed by atoms with Gasteiger partial charge in [0.05, 0.1) is 6.10 Å². The normalized spacial score (nSPS) is 12.6. The molecule has 4 heteroatoms. The van der Waals surface area contributed by atoms with E-state index < -0.39 is 12.1 Å². The topological polar surface area (TPSA) is 46.5 Å². The molecular weight excluding hydrogens is 216 g/mol. The summed E-state index contributed by atoms with van der Waals surface area (Å²) in [6, 6.07) is 6.50.